The van der Waals surface area contributed by atoms with Crippen LogP contribution < -0.4 is 5.32 Å². The van der Waals surface area contributed by atoms with Crippen LogP contribution in [0.1, 0.15) is 11.1 Å². The Morgan fingerprint density at radius 1 is 0.783 bits per heavy atom. The van der Waals surface area contributed by atoms with Gasteiger partial charge < -0.3 is 10.4 Å². The number of hydrogen-bond donors (Lipinski definition) is 2. The second-order valence-electron chi connectivity index (χ2n) is 5.58. The van der Waals surface area contributed by atoms with Crippen molar-refractivity contribution in [3.63, 3.8) is 0 Å². The third-order valence-electron chi connectivity index (χ3n) is 4.06. The van der Waals surface area contributed by atoms with Crippen molar-refractivity contribution < 1.29 is 5.11 Å². The van der Waals surface area contributed by atoms with Crippen LogP contribution in [0, 0.1) is 0 Å². The van der Waals surface area contributed by atoms with Crippen LogP contribution in [0.4, 0.5) is 0 Å². The second-order valence-corrected chi connectivity index (χ2v) is 5.58. The summed E-state index contributed by atoms with van der Waals surface area (Å²) in [6, 6.07) is 25.0. The van der Waals surface area contributed by atoms with Crippen LogP contribution in [0.3, 0.4) is 0 Å². The van der Waals surface area contributed by atoms with Crippen LogP contribution >= 0.6 is 0 Å². The van der Waals surface area contributed by atoms with Gasteiger partial charge in [-0.1, -0.05) is 60.7 Å². The van der Waals surface area contributed by atoms with Gasteiger partial charge in [-0.15, -0.1) is 0 Å². The zero-order valence-electron chi connectivity index (χ0n) is 13.3. The fraction of sp³-hybridized carbons (Fsp3) is 0.143. The highest BCUT2D eigenvalue weighted by Crippen LogP contribution is 2.32. The largest absolute Gasteiger partial charge is 0.392 e. The molecule has 23 heavy (non-hydrogen) atoms. The van der Waals surface area contributed by atoms with E-state index in [9.17, 15) is 5.11 Å². The van der Waals surface area contributed by atoms with Crippen molar-refractivity contribution in [3.8, 4) is 22.3 Å². The average molecular weight is 303 g/mol. The van der Waals surface area contributed by atoms with Crippen LogP contribution in [0.25, 0.3) is 22.3 Å². The molecule has 116 valence electrons. The van der Waals surface area contributed by atoms with Crippen molar-refractivity contribution in [1.29, 1.82) is 0 Å². The number of aliphatic hydroxyl groups excluding tert-OH is 1. The minimum atomic E-state index is 0.0380. The van der Waals surface area contributed by atoms with Crippen LogP contribution in [0.5, 0.6) is 0 Å². The molecule has 0 atom stereocenters. The Balaban J connectivity index is 2.22. The summed E-state index contributed by atoms with van der Waals surface area (Å²) in [4.78, 5) is 0. The van der Waals surface area contributed by atoms with E-state index in [-0.39, 0.29) is 6.61 Å². The lowest BCUT2D eigenvalue weighted by Gasteiger charge is -2.16. The summed E-state index contributed by atoms with van der Waals surface area (Å²) < 4.78 is 0. The molecular formula is C21H21NO. The van der Waals surface area contributed by atoms with E-state index < -0.39 is 0 Å². The number of aliphatic hydroxyl groups is 1. The van der Waals surface area contributed by atoms with Crippen molar-refractivity contribution in [3.05, 3.63) is 83.9 Å². The molecular weight excluding hydrogens is 282 g/mol. The minimum absolute atomic E-state index is 0.0380. The molecule has 0 spiro atoms. The van der Waals surface area contributed by atoms with E-state index in [1.807, 2.05) is 31.3 Å². The lowest BCUT2D eigenvalue weighted by Crippen LogP contribution is -2.09. The maximum atomic E-state index is 9.92. The number of benzene rings is 3. The zero-order chi connectivity index (χ0) is 16.1. The van der Waals surface area contributed by atoms with Crippen LogP contribution in [0.15, 0.2) is 72.8 Å². The Kier molecular flexibility index (Phi) is 4.86. The molecule has 0 saturated carbocycles. The highest BCUT2D eigenvalue weighted by atomic mass is 16.3. The van der Waals surface area contributed by atoms with Crippen molar-refractivity contribution >= 4 is 0 Å². The molecule has 3 aromatic carbocycles. The first-order valence-corrected chi connectivity index (χ1v) is 7.85. The molecule has 0 saturated heterocycles. The van der Waals surface area contributed by atoms with Gasteiger partial charge in [0.15, 0.2) is 0 Å². The lowest BCUT2D eigenvalue weighted by atomic mass is 9.91. The van der Waals surface area contributed by atoms with Crippen LogP contribution in [0.2, 0.25) is 0 Å². The molecule has 0 unspecified atom stereocenters. The monoisotopic (exact) mass is 303 g/mol. The molecule has 0 fully saturated rings. The number of rotatable bonds is 5. The smallest absolute Gasteiger partial charge is 0.0691 e. The number of nitrogens with one attached hydrogen (secondary N) is 1. The predicted molar refractivity (Wildman–Crippen MR) is 96.0 cm³/mol. The van der Waals surface area contributed by atoms with E-state index in [1.54, 1.807) is 0 Å². The van der Waals surface area contributed by atoms with Gasteiger partial charge in [-0.05, 0) is 52.6 Å². The van der Waals surface area contributed by atoms with Crippen molar-refractivity contribution in [2.75, 3.05) is 7.05 Å². The fourth-order valence-corrected chi connectivity index (χ4v) is 2.94. The van der Waals surface area contributed by atoms with Crippen molar-refractivity contribution in [1.82, 2.24) is 5.32 Å². The second kappa shape index (κ2) is 7.23. The Morgan fingerprint density at radius 2 is 1.39 bits per heavy atom. The number of hydrogen-bond acceptors (Lipinski definition) is 2. The molecule has 2 heteroatoms. The lowest BCUT2D eigenvalue weighted by molar-refractivity contribution is 0.281. The third kappa shape index (κ3) is 3.34. The Morgan fingerprint density at radius 3 is 1.96 bits per heavy atom. The van der Waals surface area contributed by atoms with Crippen LogP contribution in [-0.2, 0) is 13.2 Å². The van der Waals surface area contributed by atoms with Gasteiger partial charge in [0.2, 0.25) is 0 Å². The van der Waals surface area contributed by atoms with Crippen LogP contribution in [-0.4, -0.2) is 12.2 Å². The van der Waals surface area contributed by atoms with E-state index in [4.69, 9.17) is 0 Å². The van der Waals surface area contributed by atoms with Gasteiger partial charge in [-0.25, -0.2) is 0 Å². The molecule has 2 N–H and O–H groups in total. The topological polar surface area (TPSA) is 32.3 Å². The summed E-state index contributed by atoms with van der Waals surface area (Å²) in [5.41, 5.74) is 6.71. The normalized spacial score (nSPS) is 10.7. The molecule has 0 radical (unpaired) electrons. The van der Waals surface area contributed by atoms with Gasteiger partial charge in [0.1, 0.15) is 0 Å². The van der Waals surface area contributed by atoms with Crippen molar-refractivity contribution in [2.45, 2.75) is 13.2 Å². The highest BCUT2D eigenvalue weighted by Gasteiger charge is 2.12. The zero-order valence-corrected chi connectivity index (χ0v) is 13.3. The van der Waals surface area contributed by atoms with E-state index in [2.05, 4.69) is 53.8 Å². The highest BCUT2D eigenvalue weighted by molar-refractivity contribution is 5.77. The molecule has 3 rings (SSSR count). The SMILES string of the molecule is CNCc1cc(-c2ccccc2)cc(-c2ccccc2)c1CO. The molecule has 0 heterocycles. The van der Waals surface area contributed by atoms with E-state index >= 15 is 0 Å². The van der Waals surface area contributed by atoms with Gasteiger partial charge in [0, 0.05) is 6.54 Å². The quantitative estimate of drug-likeness (QED) is 0.739. The third-order valence-corrected chi connectivity index (χ3v) is 4.06. The summed E-state index contributed by atoms with van der Waals surface area (Å²) in [5.74, 6) is 0. The first kappa shape index (κ1) is 15.5. The molecule has 0 bridgehead atoms. The van der Waals surface area contributed by atoms with E-state index in [0.29, 0.717) is 0 Å². The van der Waals surface area contributed by atoms with Gasteiger partial charge in [-0.3, -0.25) is 0 Å². The molecule has 0 amide bonds. The van der Waals surface area contributed by atoms with Gasteiger partial charge in [0.25, 0.3) is 0 Å². The van der Waals surface area contributed by atoms with Gasteiger partial charge in [0.05, 0.1) is 6.61 Å². The van der Waals surface area contributed by atoms with Gasteiger partial charge in [-0.2, -0.15) is 0 Å². The Labute approximate surface area is 137 Å². The Bertz CT molecular complexity index is 767. The van der Waals surface area contributed by atoms with Crippen molar-refractivity contribution in [2.24, 2.45) is 0 Å². The summed E-state index contributed by atoms with van der Waals surface area (Å²) in [6.07, 6.45) is 0. The summed E-state index contributed by atoms with van der Waals surface area (Å²) in [6.45, 7) is 0.771. The molecule has 0 aliphatic carbocycles. The molecule has 2 nitrogen and oxygen atoms in total. The minimum Gasteiger partial charge on any atom is -0.392 e. The van der Waals surface area contributed by atoms with E-state index in [0.717, 1.165) is 28.8 Å². The summed E-state index contributed by atoms with van der Waals surface area (Å²) in [5, 5.41) is 13.1. The van der Waals surface area contributed by atoms with E-state index in [1.165, 1.54) is 11.1 Å². The predicted octanol–water partition coefficient (Wildman–Crippen LogP) is 4.23. The molecule has 0 aromatic heterocycles. The molecule has 0 aliphatic heterocycles. The first-order valence-electron chi connectivity index (χ1n) is 7.85. The maximum Gasteiger partial charge on any atom is 0.0691 e. The standard InChI is InChI=1S/C21H21NO/c1-22-14-19-12-18(16-8-4-2-5-9-16)13-20(21(19)15-23)17-10-6-3-7-11-17/h2-13,22-23H,14-15H2,1H3. The average Bonchev–Trinajstić information content (AvgIpc) is 2.63. The first-order chi connectivity index (χ1) is 11.3. The summed E-state index contributed by atoms with van der Waals surface area (Å²) in [7, 11) is 1.93. The van der Waals surface area contributed by atoms with Gasteiger partial charge >= 0.3 is 0 Å². The maximum absolute atomic E-state index is 9.92. The fourth-order valence-electron chi connectivity index (χ4n) is 2.94. The Hall–Kier alpha value is -2.42. The molecule has 0 aliphatic rings. The summed E-state index contributed by atoms with van der Waals surface area (Å²) >= 11 is 0. The molecule has 3 aromatic rings.